The van der Waals surface area contributed by atoms with E-state index < -0.39 is 34.0 Å². The largest absolute Gasteiger partial charge is 0.374 e. The van der Waals surface area contributed by atoms with Crippen LogP contribution in [0.4, 0.5) is 26.0 Å². The van der Waals surface area contributed by atoms with Crippen molar-refractivity contribution in [3.05, 3.63) is 35.7 Å². The summed E-state index contributed by atoms with van der Waals surface area (Å²) in [5.74, 6) is -4.59. The van der Waals surface area contributed by atoms with Crippen LogP contribution in [0.25, 0.3) is 11.2 Å². The number of halogens is 2. The minimum atomic E-state index is -3.66. The van der Waals surface area contributed by atoms with Crippen LogP contribution < -0.4 is 10.6 Å². The van der Waals surface area contributed by atoms with Crippen LogP contribution in [0, 0.1) is 12.8 Å². The Hall–Kier alpha value is -3.16. The average molecular weight is 576 g/mol. The first kappa shape index (κ1) is 27.0. The number of hydrogen-bond acceptors (Lipinski definition) is 8. The molecule has 13 heteroatoms. The van der Waals surface area contributed by atoms with Crippen molar-refractivity contribution in [1.82, 2.24) is 14.5 Å². The van der Waals surface area contributed by atoms with Crippen molar-refractivity contribution in [3.63, 3.8) is 0 Å². The second kappa shape index (κ2) is 10.0. The molecule has 0 radical (unpaired) electrons. The molecule has 1 amide bonds. The fraction of sp³-hybridized carbons (Fsp3) is 0.519. The Kier molecular flexibility index (Phi) is 6.78. The van der Waals surface area contributed by atoms with Gasteiger partial charge in [0.25, 0.3) is 5.92 Å². The Labute approximate surface area is 230 Å². The first-order valence-electron chi connectivity index (χ1n) is 13.4. The van der Waals surface area contributed by atoms with Crippen molar-refractivity contribution in [2.75, 3.05) is 30.1 Å². The van der Waals surface area contributed by atoms with Crippen LogP contribution in [0.5, 0.6) is 0 Å². The fourth-order valence-electron chi connectivity index (χ4n) is 5.45. The lowest BCUT2D eigenvalue weighted by molar-refractivity contribution is -0.119. The van der Waals surface area contributed by atoms with Gasteiger partial charge >= 0.3 is 0 Å². The number of pyridine rings is 1. The molecule has 4 heterocycles. The molecule has 1 saturated carbocycles. The van der Waals surface area contributed by atoms with Crippen molar-refractivity contribution in [1.29, 1.82) is 0 Å². The van der Waals surface area contributed by atoms with Crippen molar-refractivity contribution in [2.24, 2.45) is 5.92 Å². The van der Waals surface area contributed by atoms with Crippen molar-refractivity contribution >= 4 is 44.1 Å². The number of hydrogen-bond donors (Lipinski definition) is 2. The van der Waals surface area contributed by atoms with Gasteiger partial charge in [0.15, 0.2) is 15.5 Å². The van der Waals surface area contributed by atoms with Crippen LogP contribution in [-0.4, -0.2) is 54.3 Å². The fourth-order valence-corrected chi connectivity index (χ4v) is 6.32. The van der Waals surface area contributed by atoms with E-state index in [1.165, 1.54) is 6.07 Å². The van der Waals surface area contributed by atoms with Gasteiger partial charge in [0, 0.05) is 32.0 Å². The highest BCUT2D eigenvalue weighted by Gasteiger charge is 2.61. The third kappa shape index (κ3) is 5.17. The number of fused-ring (bicyclic) bond motifs is 1. The summed E-state index contributed by atoms with van der Waals surface area (Å²) in [6.45, 7) is 3.02. The third-order valence-corrected chi connectivity index (χ3v) is 8.77. The zero-order chi connectivity index (χ0) is 28.2. The average Bonchev–Trinajstić information content (AvgIpc) is 3.24. The minimum Gasteiger partial charge on any atom is -0.374 e. The minimum absolute atomic E-state index is 0.0524. The van der Waals surface area contributed by atoms with Crippen molar-refractivity contribution < 1.29 is 31.5 Å². The maximum atomic E-state index is 13.6. The van der Waals surface area contributed by atoms with Gasteiger partial charge in [0.05, 0.1) is 22.4 Å². The molecule has 2 unspecified atom stereocenters. The van der Waals surface area contributed by atoms with Gasteiger partial charge in [0.2, 0.25) is 5.91 Å². The molecule has 2 N–H and O–H groups in total. The van der Waals surface area contributed by atoms with E-state index in [2.05, 4.69) is 15.6 Å². The molecule has 3 fully saturated rings. The molecule has 2 saturated heterocycles. The van der Waals surface area contributed by atoms with Crippen LogP contribution in [0.1, 0.15) is 62.2 Å². The number of imidazole rings is 1. The van der Waals surface area contributed by atoms with E-state index in [1.807, 2.05) is 17.6 Å². The highest BCUT2D eigenvalue weighted by atomic mass is 32.2. The summed E-state index contributed by atoms with van der Waals surface area (Å²) in [6.07, 6.45) is 4.49. The molecule has 6 rings (SSSR count). The Morgan fingerprint density at radius 1 is 1.07 bits per heavy atom. The van der Waals surface area contributed by atoms with Gasteiger partial charge in [-0.3, -0.25) is 9.36 Å². The van der Waals surface area contributed by atoms with Crippen LogP contribution in [0.2, 0.25) is 0 Å². The van der Waals surface area contributed by atoms with Crippen molar-refractivity contribution in [3.8, 4) is 0 Å². The number of amides is 1. The second-order valence-corrected chi connectivity index (χ2v) is 12.7. The zero-order valence-corrected chi connectivity index (χ0v) is 23.1. The van der Waals surface area contributed by atoms with E-state index in [9.17, 15) is 22.0 Å². The van der Waals surface area contributed by atoms with Crippen LogP contribution in [0.3, 0.4) is 0 Å². The maximum absolute atomic E-state index is 13.6. The Balaban J connectivity index is 1.43. The first-order valence-corrected chi connectivity index (χ1v) is 15.3. The monoisotopic (exact) mass is 575 g/mol. The number of ether oxygens (including phenoxy) is 2. The zero-order valence-electron chi connectivity index (χ0n) is 22.2. The van der Waals surface area contributed by atoms with E-state index in [1.54, 1.807) is 12.1 Å². The highest BCUT2D eigenvalue weighted by Crippen LogP contribution is 2.49. The number of sulfone groups is 1. The highest BCUT2D eigenvalue weighted by molar-refractivity contribution is 7.90. The molecule has 10 nitrogen and oxygen atoms in total. The second-order valence-electron chi connectivity index (χ2n) is 10.7. The van der Waals surface area contributed by atoms with Gasteiger partial charge in [-0.2, -0.15) is 0 Å². The number of aryl methyl sites for hydroxylation is 1. The van der Waals surface area contributed by atoms with Gasteiger partial charge in [-0.1, -0.05) is 6.07 Å². The molecule has 214 valence electrons. The number of alkyl halides is 2. The van der Waals surface area contributed by atoms with Crippen LogP contribution in [0.15, 0.2) is 29.2 Å². The van der Waals surface area contributed by atoms with E-state index >= 15 is 0 Å². The first-order chi connectivity index (χ1) is 19.0. The number of rotatable bonds is 7. The molecule has 3 atom stereocenters. The maximum Gasteiger partial charge on any atom is 0.260 e. The Morgan fingerprint density at radius 2 is 1.85 bits per heavy atom. The van der Waals surface area contributed by atoms with Crippen molar-refractivity contribution in [2.45, 2.75) is 68.6 Å². The van der Waals surface area contributed by atoms with Crippen LogP contribution in [-0.2, 0) is 24.1 Å². The molecule has 3 aromatic rings. The number of nitrogens with zero attached hydrogens (tertiary/aromatic N) is 3. The summed E-state index contributed by atoms with van der Waals surface area (Å²) in [5.41, 5.74) is 2.28. The normalized spacial score (nSPS) is 24.2. The number of carbonyl (C=O) groups is 1. The number of benzene rings is 1. The molecule has 1 aromatic carbocycles. The Bertz CT molecular complexity index is 1580. The topological polar surface area (TPSA) is 124 Å². The molecular weight excluding hydrogens is 544 g/mol. The predicted octanol–water partition coefficient (Wildman–Crippen LogP) is 5.03. The molecular formula is C27H31F2N5O5S. The summed E-state index contributed by atoms with van der Waals surface area (Å²) >= 11 is 0. The summed E-state index contributed by atoms with van der Waals surface area (Å²) < 4.78 is 66.4. The summed E-state index contributed by atoms with van der Waals surface area (Å²) in [4.78, 5) is 21.9. The van der Waals surface area contributed by atoms with Gasteiger partial charge in [0.1, 0.15) is 29.3 Å². The molecule has 1 aliphatic carbocycles. The standard InChI is InChI=1S/C27H31F2N5O5S/c1-15-30-24-19(31-18-9-8-16(20-6-5-11-38-20)12-21(18)40(2,36)37)13-22(33-26(35)17-14-27(17,28)29)32-25(24)34(15)23-7-3-4-10-39-23/h8-9,12-13,17,20,23H,3-7,10-11,14H2,1-2H3,(H2,31,32,33,35)/t17?,20-,23?/m1/s1. The summed E-state index contributed by atoms with van der Waals surface area (Å²) in [6, 6.07) is 6.60. The SMILES string of the molecule is Cc1nc2c(Nc3ccc([C@H]4CCCO4)cc3S(C)(=O)=O)cc(NC(=O)C3CC3(F)F)nc2n1C1CCCCO1. The van der Waals surface area contributed by atoms with Crippen LogP contribution >= 0.6 is 0 Å². The third-order valence-electron chi connectivity index (χ3n) is 7.64. The molecule has 40 heavy (non-hydrogen) atoms. The number of carbonyl (C=O) groups excluding carboxylic acids is 1. The molecule has 3 aliphatic rings. The summed E-state index contributed by atoms with van der Waals surface area (Å²) in [5, 5.41) is 5.70. The molecule has 2 aromatic heterocycles. The predicted molar refractivity (Wildman–Crippen MR) is 144 cm³/mol. The van der Waals surface area contributed by atoms with Gasteiger partial charge in [-0.25, -0.2) is 27.2 Å². The molecule has 2 aliphatic heterocycles. The summed E-state index contributed by atoms with van der Waals surface area (Å²) in [7, 11) is -3.66. The number of aromatic nitrogens is 3. The molecule has 0 spiro atoms. The van der Waals surface area contributed by atoms with Gasteiger partial charge in [-0.15, -0.1) is 0 Å². The Morgan fingerprint density at radius 3 is 2.50 bits per heavy atom. The number of nitrogens with one attached hydrogen (secondary N) is 2. The van der Waals surface area contributed by atoms with E-state index in [0.29, 0.717) is 41.6 Å². The molecule has 0 bridgehead atoms. The lowest BCUT2D eigenvalue weighted by atomic mass is 10.1. The lowest BCUT2D eigenvalue weighted by Gasteiger charge is -2.25. The quantitative estimate of drug-likeness (QED) is 0.402. The van der Waals surface area contributed by atoms with E-state index in [4.69, 9.17) is 14.5 Å². The lowest BCUT2D eigenvalue weighted by Crippen LogP contribution is -2.20. The van der Waals surface area contributed by atoms with E-state index in [0.717, 1.165) is 43.9 Å². The smallest absolute Gasteiger partial charge is 0.260 e. The van der Waals surface area contributed by atoms with Gasteiger partial charge in [-0.05, 0) is 56.7 Å². The van der Waals surface area contributed by atoms with Gasteiger partial charge < -0.3 is 20.1 Å². The van der Waals surface area contributed by atoms with E-state index in [-0.39, 0.29) is 23.0 Å². The number of anilines is 3.